The van der Waals surface area contributed by atoms with Crippen molar-refractivity contribution in [3.05, 3.63) is 47.5 Å². The van der Waals surface area contributed by atoms with Gasteiger partial charge in [0.2, 0.25) is 0 Å². The van der Waals surface area contributed by atoms with Crippen molar-refractivity contribution in [1.82, 2.24) is 15.1 Å². The van der Waals surface area contributed by atoms with Crippen LogP contribution in [0.1, 0.15) is 57.6 Å². The number of benzene rings is 1. The molecule has 2 bridgehead atoms. The Morgan fingerprint density at radius 1 is 1.26 bits per heavy atom. The highest BCUT2D eigenvalue weighted by molar-refractivity contribution is 6.41. The molecule has 0 aliphatic carbocycles. The van der Waals surface area contributed by atoms with Gasteiger partial charge in [0.1, 0.15) is 18.2 Å². The molecule has 0 unspecified atom stereocenters. The summed E-state index contributed by atoms with van der Waals surface area (Å²) in [6.07, 6.45) is 2.95. The number of alkyl carbamates (subject to hydrolysis) is 1. The highest BCUT2D eigenvalue weighted by Crippen LogP contribution is 2.47. The van der Waals surface area contributed by atoms with Gasteiger partial charge in [-0.25, -0.2) is 13.6 Å². The lowest BCUT2D eigenvalue weighted by Gasteiger charge is -2.36. The molecule has 1 aromatic rings. The zero-order valence-corrected chi connectivity index (χ0v) is 22.3. The summed E-state index contributed by atoms with van der Waals surface area (Å²) in [6, 6.07) is 10.1. The van der Waals surface area contributed by atoms with Gasteiger partial charge >= 0.3 is 13.2 Å². The van der Waals surface area contributed by atoms with Crippen LogP contribution in [-0.4, -0.2) is 81.7 Å². The average Bonchev–Trinajstić information content (AvgIpc) is 3.56. The summed E-state index contributed by atoms with van der Waals surface area (Å²) in [6.45, 7) is 3.09. The van der Waals surface area contributed by atoms with Crippen LogP contribution >= 0.6 is 0 Å². The Morgan fingerprint density at radius 3 is 2.49 bits per heavy atom. The fraction of sp³-hybridized carbons (Fsp3) is 0.593. The number of rotatable bonds is 9. The first-order valence-electron chi connectivity index (χ1n) is 13.3. The number of nitriles is 1. The molecule has 1 aromatic carbocycles. The van der Waals surface area contributed by atoms with Crippen molar-refractivity contribution in [1.29, 1.82) is 5.26 Å². The number of likely N-dealkylation sites (tertiary alicyclic amines) is 1. The van der Waals surface area contributed by atoms with E-state index in [0.29, 0.717) is 31.2 Å². The third kappa shape index (κ3) is 6.43. The Labute approximate surface area is 227 Å². The van der Waals surface area contributed by atoms with E-state index in [4.69, 9.17) is 4.74 Å². The highest BCUT2D eigenvalue weighted by atomic mass is 19.3. The molecule has 0 aromatic heterocycles. The molecule has 3 fully saturated rings. The third-order valence-electron chi connectivity index (χ3n) is 8.23. The van der Waals surface area contributed by atoms with E-state index in [1.54, 1.807) is 54.0 Å². The van der Waals surface area contributed by atoms with Gasteiger partial charge in [0.25, 0.3) is 11.8 Å². The van der Waals surface area contributed by atoms with E-state index in [1.807, 2.05) is 6.07 Å². The Hall–Kier alpha value is -3.01. The molecule has 9 nitrogen and oxygen atoms in total. The number of nitrogens with one attached hydrogen (secondary N) is 1. The maximum atomic E-state index is 13.8. The molecule has 3 heterocycles. The van der Waals surface area contributed by atoms with Gasteiger partial charge in [-0.05, 0) is 51.2 Å². The quantitative estimate of drug-likeness (QED) is 0.248. The second kappa shape index (κ2) is 11.2. The van der Waals surface area contributed by atoms with Gasteiger partial charge in [0.05, 0.1) is 18.1 Å². The molecule has 3 saturated heterocycles. The number of halogens is 2. The molecule has 3 aliphatic heterocycles. The lowest BCUT2D eigenvalue weighted by molar-refractivity contribution is -0.132. The predicted octanol–water partition coefficient (Wildman–Crippen LogP) is 3.02. The number of alkyl halides is 2. The lowest BCUT2D eigenvalue weighted by Crippen LogP contribution is -2.50. The van der Waals surface area contributed by atoms with Crippen LogP contribution < -0.4 is 5.32 Å². The molecule has 0 saturated carbocycles. The SMILES string of the molecule is CC(C)(C=C(C#N)C(=O)N1C2CCC1(COC(=O)N[C@@H](CB(O)O)c1ccccc1)CC2)N1CCC(F)(F)C1. The first-order valence-corrected chi connectivity index (χ1v) is 13.3. The first-order chi connectivity index (χ1) is 18.4. The number of carbonyl (C=O) groups excluding carboxylic acids is 2. The van der Waals surface area contributed by atoms with Crippen LogP contribution in [-0.2, 0) is 9.53 Å². The maximum Gasteiger partial charge on any atom is 0.453 e. The Morgan fingerprint density at radius 2 is 1.92 bits per heavy atom. The molecular weight excluding hydrogens is 509 g/mol. The summed E-state index contributed by atoms with van der Waals surface area (Å²) in [5.74, 6) is -3.28. The summed E-state index contributed by atoms with van der Waals surface area (Å²) in [4.78, 5) is 29.6. The van der Waals surface area contributed by atoms with E-state index in [2.05, 4.69) is 5.32 Å². The molecule has 210 valence electrons. The van der Waals surface area contributed by atoms with Gasteiger partial charge in [-0.3, -0.25) is 9.69 Å². The average molecular weight is 544 g/mol. The van der Waals surface area contributed by atoms with Crippen molar-refractivity contribution in [2.75, 3.05) is 19.7 Å². The number of amides is 2. The third-order valence-corrected chi connectivity index (χ3v) is 8.23. The largest absolute Gasteiger partial charge is 0.453 e. The monoisotopic (exact) mass is 544 g/mol. The Balaban J connectivity index is 1.45. The molecule has 3 aliphatic rings. The van der Waals surface area contributed by atoms with Crippen LogP contribution in [0.5, 0.6) is 0 Å². The van der Waals surface area contributed by atoms with Crippen molar-refractivity contribution in [2.24, 2.45) is 0 Å². The summed E-state index contributed by atoms with van der Waals surface area (Å²) in [5, 5.41) is 31.5. The van der Waals surface area contributed by atoms with Crippen LogP contribution in [0.2, 0.25) is 6.32 Å². The highest BCUT2D eigenvalue weighted by Gasteiger charge is 2.55. The first kappa shape index (κ1) is 29.0. The van der Waals surface area contributed by atoms with Crippen molar-refractivity contribution >= 4 is 19.1 Å². The zero-order valence-electron chi connectivity index (χ0n) is 22.3. The van der Waals surface area contributed by atoms with E-state index in [1.165, 1.54) is 6.08 Å². The second-order valence-corrected chi connectivity index (χ2v) is 11.4. The van der Waals surface area contributed by atoms with Crippen molar-refractivity contribution < 1.29 is 33.2 Å². The van der Waals surface area contributed by atoms with Gasteiger partial charge in [-0.15, -0.1) is 0 Å². The predicted molar refractivity (Wildman–Crippen MR) is 139 cm³/mol. The van der Waals surface area contributed by atoms with Crippen LogP contribution in [0.25, 0.3) is 0 Å². The van der Waals surface area contributed by atoms with Gasteiger partial charge in [0.15, 0.2) is 0 Å². The van der Waals surface area contributed by atoms with Crippen LogP contribution in [0.15, 0.2) is 42.0 Å². The Bertz CT molecular complexity index is 1130. The molecule has 39 heavy (non-hydrogen) atoms. The number of fused-ring (bicyclic) bond motifs is 2. The van der Waals surface area contributed by atoms with Crippen LogP contribution in [0, 0.1) is 11.3 Å². The summed E-state index contributed by atoms with van der Waals surface area (Å²) in [5.41, 5.74) is -1.12. The van der Waals surface area contributed by atoms with E-state index < -0.39 is 48.7 Å². The lowest BCUT2D eigenvalue weighted by atomic mass is 9.79. The van der Waals surface area contributed by atoms with Gasteiger partial charge in [-0.2, -0.15) is 5.26 Å². The normalized spacial score (nSPS) is 25.3. The number of hydrogen-bond acceptors (Lipinski definition) is 7. The summed E-state index contributed by atoms with van der Waals surface area (Å²) < 4.78 is 33.2. The minimum Gasteiger partial charge on any atom is -0.447 e. The molecule has 3 N–H and O–H groups in total. The van der Waals surface area contributed by atoms with E-state index >= 15 is 0 Å². The smallest absolute Gasteiger partial charge is 0.447 e. The molecule has 0 radical (unpaired) electrons. The van der Waals surface area contributed by atoms with Crippen molar-refractivity contribution in [3.63, 3.8) is 0 Å². The topological polar surface area (TPSA) is 126 Å². The minimum atomic E-state index is -2.80. The fourth-order valence-electron chi connectivity index (χ4n) is 6.12. The number of carbonyl (C=O) groups is 2. The number of hydrogen-bond donors (Lipinski definition) is 3. The Kier molecular flexibility index (Phi) is 8.35. The number of nitrogens with zero attached hydrogens (tertiary/aromatic N) is 3. The fourth-order valence-corrected chi connectivity index (χ4v) is 6.12. The van der Waals surface area contributed by atoms with E-state index in [0.717, 1.165) is 0 Å². The maximum absolute atomic E-state index is 13.8. The molecule has 4 rings (SSSR count). The van der Waals surface area contributed by atoms with Gasteiger partial charge in [0, 0.05) is 30.9 Å². The molecule has 1 atom stereocenters. The van der Waals surface area contributed by atoms with Crippen molar-refractivity contribution in [3.8, 4) is 6.07 Å². The molecule has 0 spiro atoms. The molecule has 2 amide bonds. The summed E-state index contributed by atoms with van der Waals surface area (Å²) in [7, 11) is -1.64. The number of ether oxygens (including phenoxy) is 1. The van der Waals surface area contributed by atoms with Gasteiger partial charge < -0.3 is 25.0 Å². The van der Waals surface area contributed by atoms with Gasteiger partial charge in [-0.1, -0.05) is 30.3 Å². The molecule has 12 heteroatoms. The minimum absolute atomic E-state index is 0.0787. The van der Waals surface area contributed by atoms with Crippen molar-refractivity contribution in [2.45, 2.75) is 81.4 Å². The summed E-state index contributed by atoms with van der Waals surface area (Å²) >= 11 is 0. The molecular formula is C27H35BF2N4O5. The zero-order chi connectivity index (χ0) is 28.4. The van der Waals surface area contributed by atoms with E-state index in [9.17, 15) is 33.7 Å². The van der Waals surface area contributed by atoms with Crippen LogP contribution in [0.4, 0.5) is 13.6 Å². The second-order valence-electron chi connectivity index (χ2n) is 11.4. The standard InChI is InChI=1S/C27H35BF2N4O5/c1-25(2,33-13-12-27(29,30)17-33)14-20(16-31)23(35)34-21-8-10-26(34,11-9-21)18-39-24(36)32-22(15-28(37)38)19-6-4-3-5-7-19/h3-7,14,21-22,37-38H,8-13,15,17-18H2,1-2H3,(H,32,36)/t21?,22-,26?/m0/s1. The van der Waals surface area contributed by atoms with Crippen LogP contribution in [0.3, 0.4) is 0 Å². The van der Waals surface area contributed by atoms with E-state index in [-0.39, 0.29) is 37.5 Å².